The second kappa shape index (κ2) is 8.30. The summed E-state index contributed by atoms with van der Waals surface area (Å²) in [7, 11) is 0. The molecular formula is C17H26Cl2N2O. The van der Waals surface area contributed by atoms with Gasteiger partial charge < -0.3 is 5.73 Å². The third-order valence-electron chi connectivity index (χ3n) is 5.07. The number of rotatable bonds is 2. The van der Waals surface area contributed by atoms with Crippen LogP contribution in [0.5, 0.6) is 0 Å². The Kier molecular flexibility index (Phi) is 7.33. The van der Waals surface area contributed by atoms with Crippen molar-refractivity contribution in [2.45, 2.75) is 50.1 Å². The Morgan fingerprint density at radius 1 is 1.00 bits per heavy atom. The Morgan fingerprint density at radius 3 is 2.09 bits per heavy atom. The minimum Gasteiger partial charge on any atom is -0.321 e. The minimum absolute atomic E-state index is 0. The van der Waals surface area contributed by atoms with E-state index in [1.165, 1.54) is 5.56 Å². The molecule has 2 N–H and O–H groups in total. The van der Waals surface area contributed by atoms with Crippen LogP contribution in [0.1, 0.15) is 44.1 Å². The number of halogens is 2. The van der Waals surface area contributed by atoms with Crippen LogP contribution in [0, 0.1) is 0 Å². The predicted molar refractivity (Wildman–Crippen MR) is 94.9 cm³/mol. The lowest BCUT2D eigenvalue weighted by Gasteiger charge is -2.43. The molecule has 3 rings (SSSR count). The van der Waals surface area contributed by atoms with E-state index in [0.29, 0.717) is 11.8 Å². The number of nitrogens with two attached hydrogens (primary N) is 1. The van der Waals surface area contributed by atoms with Crippen molar-refractivity contribution < 1.29 is 4.79 Å². The molecule has 22 heavy (non-hydrogen) atoms. The Morgan fingerprint density at radius 2 is 1.55 bits per heavy atom. The standard InChI is InChI=1S/C17H24N2O.2ClH/c18-17(14-4-2-1-3-5-14)10-6-15(7-11-17)19-12-8-16(20)9-13-19;;/h1-5,15H,6-13,18H2;2*1H/t15-,17+;;. The van der Waals surface area contributed by atoms with Crippen molar-refractivity contribution in [1.82, 2.24) is 4.90 Å². The molecule has 1 aliphatic carbocycles. The summed E-state index contributed by atoms with van der Waals surface area (Å²) in [6.45, 7) is 1.90. The van der Waals surface area contributed by atoms with E-state index in [4.69, 9.17) is 5.73 Å². The molecule has 5 heteroatoms. The molecule has 1 heterocycles. The lowest BCUT2D eigenvalue weighted by Crippen LogP contribution is -2.48. The van der Waals surface area contributed by atoms with E-state index in [2.05, 4.69) is 29.2 Å². The summed E-state index contributed by atoms with van der Waals surface area (Å²) in [5, 5.41) is 0. The zero-order valence-electron chi connectivity index (χ0n) is 12.9. The molecule has 2 fully saturated rings. The summed E-state index contributed by atoms with van der Waals surface area (Å²) in [4.78, 5) is 13.8. The third kappa shape index (κ3) is 4.23. The molecule has 0 bridgehead atoms. The average Bonchev–Trinajstić information content (AvgIpc) is 2.50. The summed E-state index contributed by atoms with van der Waals surface area (Å²) >= 11 is 0. The maximum absolute atomic E-state index is 11.3. The molecule has 1 saturated heterocycles. The van der Waals surface area contributed by atoms with Gasteiger partial charge in [0.2, 0.25) is 0 Å². The Balaban J connectivity index is 0.00000121. The molecule has 1 aromatic rings. The van der Waals surface area contributed by atoms with Crippen LogP contribution < -0.4 is 5.73 Å². The first kappa shape index (κ1) is 19.4. The summed E-state index contributed by atoms with van der Waals surface area (Å²) in [6, 6.07) is 11.1. The van der Waals surface area contributed by atoms with Gasteiger partial charge in [-0.1, -0.05) is 30.3 Å². The first-order chi connectivity index (χ1) is 9.67. The van der Waals surface area contributed by atoms with Gasteiger partial charge in [0.25, 0.3) is 0 Å². The topological polar surface area (TPSA) is 46.3 Å². The van der Waals surface area contributed by atoms with Crippen molar-refractivity contribution in [2.75, 3.05) is 13.1 Å². The molecule has 1 saturated carbocycles. The first-order valence-electron chi connectivity index (χ1n) is 7.77. The smallest absolute Gasteiger partial charge is 0.135 e. The van der Waals surface area contributed by atoms with E-state index < -0.39 is 0 Å². The zero-order chi connectivity index (χ0) is 14.0. The second-order valence-electron chi connectivity index (χ2n) is 6.33. The molecule has 0 amide bonds. The SMILES string of the molecule is Cl.Cl.N[C@]1(c2ccccc2)CC[C@H](N2CCC(=O)CC2)CC1. The van der Waals surface area contributed by atoms with Crippen LogP contribution in [-0.2, 0) is 10.3 Å². The molecule has 1 aromatic carbocycles. The van der Waals surface area contributed by atoms with Crippen LogP contribution in [0.25, 0.3) is 0 Å². The number of Topliss-reactive ketones (excluding diaryl/α,β-unsaturated/α-hetero) is 1. The largest absolute Gasteiger partial charge is 0.321 e. The number of carbonyl (C=O) groups is 1. The van der Waals surface area contributed by atoms with Crippen molar-refractivity contribution in [1.29, 1.82) is 0 Å². The average molecular weight is 345 g/mol. The number of carbonyl (C=O) groups excluding carboxylic acids is 1. The highest BCUT2D eigenvalue weighted by Gasteiger charge is 2.35. The van der Waals surface area contributed by atoms with Crippen molar-refractivity contribution >= 4 is 30.6 Å². The molecule has 3 nitrogen and oxygen atoms in total. The highest BCUT2D eigenvalue weighted by molar-refractivity contribution is 5.85. The van der Waals surface area contributed by atoms with Gasteiger partial charge in [-0.25, -0.2) is 0 Å². The van der Waals surface area contributed by atoms with E-state index in [-0.39, 0.29) is 30.4 Å². The van der Waals surface area contributed by atoms with E-state index in [9.17, 15) is 4.79 Å². The summed E-state index contributed by atoms with van der Waals surface area (Å²) in [5.41, 5.74) is 7.74. The van der Waals surface area contributed by atoms with Crippen LogP contribution in [0.3, 0.4) is 0 Å². The van der Waals surface area contributed by atoms with Crippen LogP contribution in [0.4, 0.5) is 0 Å². The van der Waals surface area contributed by atoms with Gasteiger partial charge in [-0.05, 0) is 31.2 Å². The number of piperidine rings is 1. The molecule has 0 unspecified atom stereocenters. The molecule has 124 valence electrons. The number of likely N-dealkylation sites (tertiary alicyclic amines) is 1. The van der Waals surface area contributed by atoms with Gasteiger partial charge in [-0.2, -0.15) is 0 Å². The number of hydrogen-bond acceptors (Lipinski definition) is 3. The van der Waals surface area contributed by atoms with Crippen LogP contribution in [0.2, 0.25) is 0 Å². The normalized spacial score (nSPS) is 29.3. The van der Waals surface area contributed by atoms with E-state index >= 15 is 0 Å². The fourth-order valence-corrected chi connectivity index (χ4v) is 3.68. The van der Waals surface area contributed by atoms with Gasteiger partial charge in [0.05, 0.1) is 0 Å². The minimum atomic E-state index is -0.149. The van der Waals surface area contributed by atoms with Crippen molar-refractivity contribution in [3.63, 3.8) is 0 Å². The Labute approximate surface area is 145 Å². The van der Waals surface area contributed by atoms with Gasteiger partial charge in [-0.3, -0.25) is 9.69 Å². The maximum Gasteiger partial charge on any atom is 0.135 e. The maximum atomic E-state index is 11.3. The number of nitrogens with zero attached hydrogens (tertiary/aromatic N) is 1. The van der Waals surface area contributed by atoms with Crippen molar-refractivity contribution in [3.05, 3.63) is 35.9 Å². The van der Waals surface area contributed by atoms with Gasteiger partial charge >= 0.3 is 0 Å². The molecule has 0 atom stereocenters. The highest BCUT2D eigenvalue weighted by atomic mass is 35.5. The monoisotopic (exact) mass is 344 g/mol. The van der Waals surface area contributed by atoms with Crippen LogP contribution in [0.15, 0.2) is 30.3 Å². The lowest BCUT2D eigenvalue weighted by molar-refractivity contribution is -0.122. The quantitative estimate of drug-likeness (QED) is 0.895. The second-order valence-corrected chi connectivity index (χ2v) is 6.33. The highest BCUT2D eigenvalue weighted by Crippen LogP contribution is 2.36. The lowest BCUT2D eigenvalue weighted by atomic mass is 9.75. The van der Waals surface area contributed by atoms with Gasteiger partial charge in [0, 0.05) is 37.5 Å². The molecule has 0 radical (unpaired) electrons. The Bertz CT molecular complexity index is 463. The molecule has 1 aliphatic heterocycles. The van der Waals surface area contributed by atoms with Crippen molar-refractivity contribution in [3.8, 4) is 0 Å². The summed E-state index contributed by atoms with van der Waals surface area (Å²) in [6.07, 6.45) is 5.88. The first-order valence-corrected chi connectivity index (χ1v) is 7.77. The van der Waals surface area contributed by atoms with Crippen molar-refractivity contribution in [2.24, 2.45) is 5.73 Å². The van der Waals surface area contributed by atoms with Gasteiger partial charge in [-0.15, -0.1) is 24.8 Å². The van der Waals surface area contributed by atoms with E-state index in [1.807, 2.05) is 6.07 Å². The fraction of sp³-hybridized carbons (Fsp3) is 0.588. The number of hydrogen-bond donors (Lipinski definition) is 1. The van der Waals surface area contributed by atoms with Crippen LogP contribution >= 0.6 is 24.8 Å². The Hall–Kier alpha value is -0.610. The zero-order valence-corrected chi connectivity index (χ0v) is 14.5. The molecule has 0 spiro atoms. The van der Waals surface area contributed by atoms with Crippen LogP contribution in [-0.4, -0.2) is 29.8 Å². The third-order valence-corrected chi connectivity index (χ3v) is 5.07. The molecular weight excluding hydrogens is 319 g/mol. The van der Waals surface area contributed by atoms with E-state index in [1.54, 1.807) is 0 Å². The van der Waals surface area contributed by atoms with Gasteiger partial charge in [0.1, 0.15) is 5.78 Å². The summed E-state index contributed by atoms with van der Waals surface area (Å²) in [5.74, 6) is 0.425. The van der Waals surface area contributed by atoms with Gasteiger partial charge in [0.15, 0.2) is 0 Å². The predicted octanol–water partition coefficient (Wildman–Crippen LogP) is 3.29. The summed E-state index contributed by atoms with van der Waals surface area (Å²) < 4.78 is 0. The molecule has 2 aliphatic rings. The number of ketones is 1. The fourth-order valence-electron chi connectivity index (χ4n) is 3.68. The van der Waals surface area contributed by atoms with E-state index in [0.717, 1.165) is 51.6 Å². The number of benzene rings is 1. The molecule has 0 aromatic heterocycles.